The SMILES string of the molecule is c1ccc(-c2ccc(-c3ccc4ccccc4c3)cc2N(c2ccc(-c3cccc(-n4c5ccccc5c5ccccc54)c3)cc2)c2cccc(-c3cccc4c3sc3ccccc34)c2)cc1. The Morgan fingerprint density at radius 2 is 0.910 bits per heavy atom. The molecule has 0 unspecified atom stereocenters. The third-order valence-corrected chi connectivity index (χ3v) is 14.6. The van der Waals surface area contributed by atoms with Crippen molar-refractivity contribution < 1.29 is 0 Å². The number of thiophene rings is 1. The van der Waals surface area contributed by atoms with Crippen LogP contribution in [0.25, 0.3) is 103 Å². The number of fused-ring (bicyclic) bond motifs is 7. The average molecular weight is 871 g/mol. The highest BCUT2D eigenvalue weighted by Crippen LogP contribution is 2.46. The fourth-order valence-electron chi connectivity index (χ4n) is 10.2. The molecule has 0 N–H and O–H groups in total. The summed E-state index contributed by atoms with van der Waals surface area (Å²) in [7, 11) is 0. The second-order valence-corrected chi connectivity index (χ2v) is 18.3. The van der Waals surface area contributed by atoms with E-state index in [0.717, 1.165) is 45.0 Å². The fraction of sp³-hybridized carbons (Fsp3) is 0. The normalized spacial score (nSPS) is 11.6. The first-order valence-corrected chi connectivity index (χ1v) is 23.7. The second-order valence-electron chi connectivity index (χ2n) is 17.3. The van der Waals surface area contributed by atoms with Crippen LogP contribution in [-0.2, 0) is 0 Å². The van der Waals surface area contributed by atoms with Gasteiger partial charge in [0, 0.05) is 53.6 Å². The zero-order valence-electron chi connectivity index (χ0n) is 36.6. The molecule has 2 aromatic heterocycles. The van der Waals surface area contributed by atoms with Gasteiger partial charge in [0.1, 0.15) is 0 Å². The lowest BCUT2D eigenvalue weighted by Gasteiger charge is -2.29. The molecule has 0 saturated heterocycles. The number of nitrogens with zero attached hydrogens (tertiary/aromatic N) is 2. The largest absolute Gasteiger partial charge is 0.310 e. The molecule has 13 rings (SSSR count). The molecule has 0 amide bonds. The topological polar surface area (TPSA) is 8.17 Å². The van der Waals surface area contributed by atoms with Gasteiger partial charge in [0.2, 0.25) is 0 Å². The first-order chi connectivity index (χ1) is 33.2. The monoisotopic (exact) mass is 870 g/mol. The van der Waals surface area contributed by atoms with Gasteiger partial charge in [0.25, 0.3) is 0 Å². The number of aromatic nitrogens is 1. The molecule has 0 bridgehead atoms. The van der Waals surface area contributed by atoms with Crippen LogP contribution in [-0.4, -0.2) is 4.57 Å². The number of hydrogen-bond acceptors (Lipinski definition) is 2. The Morgan fingerprint density at radius 1 is 0.313 bits per heavy atom. The second kappa shape index (κ2) is 16.2. The Morgan fingerprint density at radius 3 is 1.73 bits per heavy atom. The maximum atomic E-state index is 2.46. The molecule has 0 aliphatic heterocycles. The van der Waals surface area contributed by atoms with Gasteiger partial charge in [0.05, 0.1) is 16.7 Å². The summed E-state index contributed by atoms with van der Waals surface area (Å²) < 4.78 is 5.01. The van der Waals surface area contributed by atoms with E-state index in [1.165, 1.54) is 75.0 Å². The van der Waals surface area contributed by atoms with Crippen molar-refractivity contribution in [1.29, 1.82) is 0 Å². The Kier molecular flexibility index (Phi) is 9.40. The summed E-state index contributed by atoms with van der Waals surface area (Å²) in [5.41, 5.74) is 16.2. The minimum absolute atomic E-state index is 1.08. The van der Waals surface area contributed by atoms with Crippen molar-refractivity contribution in [3.63, 3.8) is 0 Å². The van der Waals surface area contributed by atoms with Crippen molar-refractivity contribution in [2.24, 2.45) is 0 Å². The minimum Gasteiger partial charge on any atom is -0.310 e. The molecule has 0 fully saturated rings. The number of benzene rings is 11. The number of hydrogen-bond donors (Lipinski definition) is 0. The molecule has 11 aromatic carbocycles. The first kappa shape index (κ1) is 38.9. The zero-order chi connectivity index (χ0) is 44.3. The van der Waals surface area contributed by atoms with E-state index in [2.05, 4.69) is 264 Å². The zero-order valence-corrected chi connectivity index (χ0v) is 37.4. The molecule has 0 aliphatic carbocycles. The van der Waals surface area contributed by atoms with Crippen LogP contribution in [0.4, 0.5) is 17.1 Å². The molecular formula is C64H42N2S. The first-order valence-electron chi connectivity index (χ1n) is 22.9. The van der Waals surface area contributed by atoms with E-state index >= 15 is 0 Å². The van der Waals surface area contributed by atoms with Crippen LogP contribution in [0.15, 0.2) is 255 Å². The molecule has 67 heavy (non-hydrogen) atoms. The number of para-hydroxylation sites is 2. The van der Waals surface area contributed by atoms with Gasteiger partial charge in [-0.05, 0) is 116 Å². The van der Waals surface area contributed by atoms with Gasteiger partial charge < -0.3 is 9.47 Å². The van der Waals surface area contributed by atoms with Gasteiger partial charge in [-0.3, -0.25) is 0 Å². The smallest absolute Gasteiger partial charge is 0.0546 e. The predicted octanol–water partition coefficient (Wildman–Crippen LogP) is 18.4. The maximum Gasteiger partial charge on any atom is 0.0546 e. The lowest BCUT2D eigenvalue weighted by Crippen LogP contribution is -2.11. The summed E-state index contributed by atoms with van der Waals surface area (Å²) in [5, 5.41) is 7.59. The number of anilines is 3. The third-order valence-electron chi connectivity index (χ3n) is 13.4. The predicted molar refractivity (Wildman–Crippen MR) is 288 cm³/mol. The Balaban J connectivity index is 0.983. The highest BCUT2D eigenvalue weighted by Gasteiger charge is 2.21. The van der Waals surface area contributed by atoms with Crippen LogP contribution in [0.2, 0.25) is 0 Å². The fourth-order valence-corrected chi connectivity index (χ4v) is 11.4. The molecule has 0 spiro atoms. The van der Waals surface area contributed by atoms with Crippen molar-refractivity contribution in [3.05, 3.63) is 255 Å². The molecule has 2 nitrogen and oxygen atoms in total. The molecule has 0 radical (unpaired) electrons. The van der Waals surface area contributed by atoms with Crippen molar-refractivity contribution in [2.45, 2.75) is 0 Å². The van der Waals surface area contributed by atoms with E-state index in [4.69, 9.17) is 0 Å². The molecule has 0 aliphatic rings. The molecule has 0 atom stereocenters. The molecule has 0 saturated carbocycles. The molecule has 314 valence electrons. The van der Waals surface area contributed by atoms with E-state index in [1.54, 1.807) is 0 Å². The van der Waals surface area contributed by atoms with Crippen molar-refractivity contribution in [2.75, 3.05) is 4.90 Å². The van der Waals surface area contributed by atoms with E-state index in [0.29, 0.717) is 0 Å². The van der Waals surface area contributed by atoms with Gasteiger partial charge in [-0.2, -0.15) is 0 Å². The van der Waals surface area contributed by atoms with Crippen molar-refractivity contribution in [3.8, 4) is 50.2 Å². The molecule has 3 heteroatoms. The average Bonchev–Trinajstić information content (AvgIpc) is 3.95. The van der Waals surface area contributed by atoms with Gasteiger partial charge in [-0.25, -0.2) is 0 Å². The van der Waals surface area contributed by atoms with E-state index < -0.39 is 0 Å². The van der Waals surface area contributed by atoms with Crippen LogP contribution in [0.5, 0.6) is 0 Å². The Bertz CT molecular complexity index is 3940. The van der Waals surface area contributed by atoms with E-state index in [1.807, 2.05) is 11.3 Å². The summed E-state index contributed by atoms with van der Waals surface area (Å²) in [6.07, 6.45) is 0. The summed E-state index contributed by atoms with van der Waals surface area (Å²) >= 11 is 1.88. The van der Waals surface area contributed by atoms with Gasteiger partial charge in [-0.1, -0.05) is 188 Å². The maximum absolute atomic E-state index is 2.46. The molecule has 13 aromatic rings. The minimum atomic E-state index is 1.08. The van der Waals surface area contributed by atoms with Crippen LogP contribution in [0.3, 0.4) is 0 Å². The lowest BCUT2D eigenvalue weighted by molar-refractivity contribution is 1.18. The van der Waals surface area contributed by atoms with Crippen molar-refractivity contribution in [1.82, 2.24) is 4.57 Å². The van der Waals surface area contributed by atoms with Crippen LogP contribution >= 0.6 is 11.3 Å². The quantitative estimate of drug-likeness (QED) is 0.148. The summed E-state index contributed by atoms with van der Waals surface area (Å²) in [6.45, 7) is 0. The molecule has 2 heterocycles. The highest BCUT2D eigenvalue weighted by molar-refractivity contribution is 7.26. The van der Waals surface area contributed by atoms with Gasteiger partial charge >= 0.3 is 0 Å². The van der Waals surface area contributed by atoms with Crippen molar-refractivity contribution >= 4 is 81.1 Å². The van der Waals surface area contributed by atoms with Crippen LogP contribution in [0.1, 0.15) is 0 Å². The summed E-state index contributed by atoms with van der Waals surface area (Å²) in [6, 6.07) is 93.3. The van der Waals surface area contributed by atoms with Crippen LogP contribution < -0.4 is 4.90 Å². The van der Waals surface area contributed by atoms with E-state index in [-0.39, 0.29) is 0 Å². The van der Waals surface area contributed by atoms with Gasteiger partial charge in [0.15, 0.2) is 0 Å². The summed E-state index contributed by atoms with van der Waals surface area (Å²) in [5.74, 6) is 0. The Labute approximate surface area is 393 Å². The van der Waals surface area contributed by atoms with E-state index in [9.17, 15) is 0 Å². The standard InChI is InChI=1S/C64H42N2S/c1-2-16-45(17-3-1)54-38-35-49(48-32-31-43-15-4-5-18-46(43)39-48)42-62(54)65(52-21-13-20-50(41-52)55-26-14-27-59-58-25-8-11-30-63(58)67-64(55)59)51-36-33-44(34-37-51)47-19-12-22-53(40-47)66-60-28-9-6-23-56(60)57-24-7-10-29-61(57)66/h1-42H. The lowest BCUT2D eigenvalue weighted by atomic mass is 9.95. The van der Waals surface area contributed by atoms with Gasteiger partial charge in [-0.15, -0.1) is 11.3 Å². The Hall–Kier alpha value is -8.50. The summed E-state index contributed by atoms with van der Waals surface area (Å²) in [4.78, 5) is 2.46. The number of rotatable bonds is 8. The highest BCUT2D eigenvalue weighted by atomic mass is 32.1. The van der Waals surface area contributed by atoms with Crippen LogP contribution in [0, 0.1) is 0 Å². The third kappa shape index (κ3) is 6.79. The molecular weight excluding hydrogens is 829 g/mol.